The summed E-state index contributed by atoms with van der Waals surface area (Å²) in [7, 11) is 1.65. The van der Waals surface area contributed by atoms with Gasteiger partial charge in [-0.25, -0.2) is 18.7 Å². The molecule has 2 saturated carbocycles. The van der Waals surface area contributed by atoms with Crippen LogP contribution in [0.3, 0.4) is 0 Å². The van der Waals surface area contributed by atoms with Gasteiger partial charge in [-0.05, 0) is 42.6 Å². The summed E-state index contributed by atoms with van der Waals surface area (Å²) >= 11 is 0. The smallest absolute Gasteiger partial charge is 0.248 e. The number of pyridine rings is 1. The van der Waals surface area contributed by atoms with Gasteiger partial charge in [0.1, 0.15) is 5.69 Å². The quantitative estimate of drug-likeness (QED) is 0.663. The Labute approximate surface area is 177 Å². The van der Waals surface area contributed by atoms with Gasteiger partial charge >= 0.3 is 0 Å². The Kier molecular flexibility index (Phi) is 3.72. The number of carbonyl (C=O) groups is 1. The number of rotatable bonds is 4. The number of alkyl halides is 2. The number of nitrogens with one attached hydrogen (secondary N) is 2. The summed E-state index contributed by atoms with van der Waals surface area (Å²) in [6, 6.07) is 1.82. The van der Waals surface area contributed by atoms with E-state index in [2.05, 4.69) is 32.1 Å². The van der Waals surface area contributed by atoms with Crippen LogP contribution in [0.4, 0.5) is 14.5 Å². The van der Waals surface area contributed by atoms with Crippen molar-refractivity contribution in [1.29, 1.82) is 0 Å². The van der Waals surface area contributed by atoms with Crippen LogP contribution in [0.15, 0.2) is 12.3 Å². The molecule has 3 aliphatic rings. The van der Waals surface area contributed by atoms with Crippen LogP contribution in [0.5, 0.6) is 0 Å². The van der Waals surface area contributed by atoms with Crippen molar-refractivity contribution in [2.75, 3.05) is 11.9 Å². The molecule has 2 N–H and O–H groups in total. The number of carbonyl (C=O) groups excluding carboxylic acids is 1. The summed E-state index contributed by atoms with van der Waals surface area (Å²) in [5.74, 6) is -1.65. The standard InChI is InChI=1S/C22H24F2N6O/c1-21-8-12(21)4-14-16(9-21)28-29-18(14)20-26-15-5-13(10-25-19(15)27-20)30(2)17(31)3-11-6-22(23,24)7-11/h5,10-12H,3-4,6-9H2,1-2H3,(H,28,29)(H,25,26,27)/t12-,21-/m1/s1. The Bertz CT molecular complexity index is 1210. The normalized spacial score (nSPS) is 26.3. The molecule has 0 radical (unpaired) electrons. The van der Waals surface area contributed by atoms with E-state index in [9.17, 15) is 13.6 Å². The number of halogens is 2. The first kappa shape index (κ1) is 18.9. The molecule has 0 bridgehead atoms. The molecule has 0 aromatic carbocycles. The van der Waals surface area contributed by atoms with Crippen LogP contribution in [0, 0.1) is 17.3 Å². The molecular formula is C22H24F2N6O. The van der Waals surface area contributed by atoms with Gasteiger partial charge in [0.05, 0.1) is 17.4 Å². The average Bonchev–Trinajstić information content (AvgIpc) is 3.00. The van der Waals surface area contributed by atoms with E-state index in [0.717, 1.165) is 24.5 Å². The highest BCUT2D eigenvalue weighted by Gasteiger charge is 2.53. The van der Waals surface area contributed by atoms with Gasteiger partial charge in [-0.2, -0.15) is 5.10 Å². The van der Waals surface area contributed by atoms with Gasteiger partial charge in [0.15, 0.2) is 11.5 Å². The number of hydrogen-bond acceptors (Lipinski definition) is 4. The van der Waals surface area contributed by atoms with Crippen molar-refractivity contribution >= 4 is 22.8 Å². The molecule has 31 heavy (non-hydrogen) atoms. The van der Waals surface area contributed by atoms with Crippen LogP contribution in [0.25, 0.3) is 22.7 Å². The Hall–Kier alpha value is -2.84. The Morgan fingerprint density at radius 3 is 2.90 bits per heavy atom. The Morgan fingerprint density at radius 1 is 1.32 bits per heavy atom. The SMILES string of the molecule is CN(C(=O)CC1CC(F)(F)C1)c1cnc2nc(-c3n[nH]c4c3C[C@@H]3C[C@]3(C)C4)[nH]c2c1. The molecular weight excluding hydrogens is 402 g/mol. The van der Waals surface area contributed by atoms with Crippen LogP contribution in [-0.4, -0.2) is 44.0 Å². The van der Waals surface area contributed by atoms with E-state index in [-0.39, 0.29) is 31.1 Å². The molecule has 162 valence electrons. The van der Waals surface area contributed by atoms with E-state index in [1.807, 2.05) is 6.07 Å². The van der Waals surface area contributed by atoms with E-state index >= 15 is 0 Å². The average molecular weight is 426 g/mol. The van der Waals surface area contributed by atoms with Gasteiger partial charge < -0.3 is 9.88 Å². The van der Waals surface area contributed by atoms with Crippen molar-refractivity contribution in [3.8, 4) is 11.5 Å². The first-order valence-electron chi connectivity index (χ1n) is 10.8. The molecule has 7 nitrogen and oxygen atoms in total. The zero-order valence-corrected chi connectivity index (χ0v) is 17.5. The summed E-state index contributed by atoms with van der Waals surface area (Å²) < 4.78 is 26.1. The number of amides is 1. The molecule has 3 aromatic rings. The topological polar surface area (TPSA) is 90.6 Å². The fraction of sp³-hybridized carbons (Fsp3) is 0.545. The number of fused-ring (bicyclic) bond motifs is 3. The lowest BCUT2D eigenvalue weighted by Gasteiger charge is -2.35. The molecule has 2 atom stereocenters. The van der Waals surface area contributed by atoms with Crippen LogP contribution in [0.1, 0.15) is 43.9 Å². The van der Waals surface area contributed by atoms with Crippen molar-refractivity contribution in [3.05, 3.63) is 23.5 Å². The summed E-state index contributed by atoms with van der Waals surface area (Å²) in [4.78, 5) is 26.3. The number of aromatic nitrogens is 5. The predicted octanol–water partition coefficient (Wildman–Crippen LogP) is 3.87. The maximum Gasteiger partial charge on any atom is 0.248 e. The first-order valence-corrected chi connectivity index (χ1v) is 10.8. The second-order valence-corrected chi connectivity index (χ2v) is 9.90. The minimum Gasteiger partial charge on any atom is -0.335 e. The van der Waals surface area contributed by atoms with Crippen LogP contribution in [-0.2, 0) is 17.6 Å². The van der Waals surface area contributed by atoms with E-state index in [1.54, 1.807) is 13.2 Å². The van der Waals surface area contributed by atoms with Crippen molar-refractivity contribution in [1.82, 2.24) is 25.1 Å². The van der Waals surface area contributed by atoms with Crippen molar-refractivity contribution in [2.24, 2.45) is 17.3 Å². The zero-order valence-electron chi connectivity index (χ0n) is 17.5. The minimum absolute atomic E-state index is 0.123. The van der Waals surface area contributed by atoms with Gasteiger partial charge in [-0.15, -0.1) is 0 Å². The Morgan fingerprint density at radius 2 is 2.13 bits per heavy atom. The molecule has 6 rings (SSSR count). The van der Waals surface area contributed by atoms with Crippen LogP contribution in [0.2, 0.25) is 0 Å². The molecule has 0 aliphatic heterocycles. The van der Waals surface area contributed by atoms with Gasteiger partial charge in [0, 0.05) is 37.6 Å². The maximum absolute atomic E-state index is 13.1. The number of hydrogen-bond donors (Lipinski definition) is 2. The molecule has 3 aliphatic carbocycles. The summed E-state index contributed by atoms with van der Waals surface area (Å²) in [5.41, 5.74) is 5.59. The minimum atomic E-state index is -2.61. The van der Waals surface area contributed by atoms with Gasteiger partial charge in [0.2, 0.25) is 11.8 Å². The van der Waals surface area contributed by atoms with E-state index in [4.69, 9.17) is 0 Å². The van der Waals surface area contributed by atoms with Gasteiger partial charge in [0.25, 0.3) is 0 Å². The largest absolute Gasteiger partial charge is 0.335 e. The third-order valence-corrected chi connectivity index (χ3v) is 7.47. The first-order chi connectivity index (χ1) is 14.7. The lowest BCUT2D eigenvalue weighted by atomic mass is 9.79. The van der Waals surface area contributed by atoms with Crippen LogP contribution < -0.4 is 4.90 Å². The summed E-state index contributed by atoms with van der Waals surface area (Å²) in [6.45, 7) is 2.34. The fourth-order valence-electron chi connectivity index (χ4n) is 5.29. The number of H-pyrrole nitrogens is 2. The Balaban J connectivity index is 1.23. The van der Waals surface area contributed by atoms with E-state index in [0.29, 0.717) is 28.1 Å². The monoisotopic (exact) mass is 426 g/mol. The number of aromatic amines is 2. The summed E-state index contributed by atoms with van der Waals surface area (Å²) in [6.07, 6.45) is 4.61. The molecule has 9 heteroatoms. The highest BCUT2D eigenvalue weighted by molar-refractivity contribution is 5.94. The highest BCUT2D eigenvalue weighted by Crippen LogP contribution is 2.59. The fourth-order valence-corrected chi connectivity index (χ4v) is 5.29. The number of nitrogens with zero attached hydrogens (tertiary/aromatic N) is 4. The van der Waals surface area contributed by atoms with E-state index in [1.165, 1.54) is 22.6 Å². The number of anilines is 1. The molecule has 3 heterocycles. The molecule has 0 spiro atoms. The summed E-state index contributed by atoms with van der Waals surface area (Å²) in [5, 5.41) is 7.72. The maximum atomic E-state index is 13.1. The van der Waals surface area contributed by atoms with E-state index < -0.39 is 5.92 Å². The molecule has 3 aromatic heterocycles. The second-order valence-electron chi connectivity index (χ2n) is 9.90. The van der Waals surface area contributed by atoms with Gasteiger partial charge in [-0.1, -0.05) is 6.92 Å². The predicted molar refractivity (Wildman–Crippen MR) is 111 cm³/mol. The lowest BCUT2D eigenvalue weighted by Crippen LogP contribution is -2.39. The highest BCUT2D eigenvalue weighted by atomic mass is 19.3. The molecule has 1 amide bonds. The second kappa shape index (κ2) is 6.11. The molecule has 0 unspecified atom stereocenters. The molecule has 2 fully saturated rings. The molecule has 0 saturated heterocycles. The zero-order chi connectivity index (χ0) is 21.5. The van der Waals surface area contributed by atoms with Crippen molar-refractivity contribution in [2.45, 2.75) is 51.4 Å². The van der Waals surface area contributed by atoms with Crippen molar-refractivity contribution in [3.63, 3.8) is 0 Å². The number of imidazole rings is 1. The third-order valence-electron chi connectivity index (χ3n) is 7.47. The van der Waals surface area contributed by atoms with Crippen molar-refractivity contribution < 1.29 is 13.6 Å². The third kappa shape index (κ3) is 3.04. The van der Waals surface area contributed by atoms with Gasteiger partial charge in [-0.3, -0.25) is 9.89 Å². The lowest BCUT2D eigenvalue weighted by molar-refractivity contribution is -0.131. The van der Waals surface area contributed by atoms with Crippen LogP contribution >= 0.6 is 0 Å².